The molecule has 0 amide bonds. The summed E-state index contributed by atoms with van der Waals surface area (Å²) >= 11 is 0. The molecule has 2 N–H and O–H groups in total. The summed E-state index contributed by atoms with van der Waals surface area (Å²) in [6.45, 7) is 12.3. The monoisotopic (exact) mass is 433 g/mol. The highest BCUT2D eigenvalue weighted by atomic mass is 15.2. The van der Waals surface area contributed by atoms with Gasteiger partial charge in [-0.05, 0) is 106 Å². The van der Waals surface area contributed by atoms with Crippen molar-refractivity contribution in [2.75, 3.05) is 39.3 Å². The summed E-state index contributed by atoms with van der Waals surface area (Å²) < 4.78 is 0. The van der Waals surface area contributed by atoms with Gasteiger partial charge in [0.25, 0.3) is 0 Å². The highest BCUT2D eigenvalue weighted by Gasteiger charge is 2.23. The molecule has 0 saturated carbocycles. The molecule has 0 unspecified atom stereocenters. The third-order valence-electron chi connectivity index (χ3n) is 7.68. The highest BCUT2D eigenvalue weighted by molar-refractivity contribution is 5.91. The summed E-state index contributed by atoms with van der Waals surface area (Å²) in [6, 6.07) is 7.13. The van der Waals surface area contributed by atoms with Gasteiger partial charge in [0, 0.05) is 22.7 Å². The molecule has 0 atom stereocenters. The predicted molar refractivity (Wildman–Crippen MR) is 133 cm³/mol. The molecule has 2 fully saturated rings. The van der Waals surface area contributed by atoms with Crippen LogP contribution in [0.15, 0.2) is 30.6 Å². The minimum absolute atomic E-state index is 0.464. The molecule has 4 heterocycles. The second-order valence-electron chi connectivity index (χ2n) is 10.2. The van der Waals surface area contributed by atoms with E-state index in [1.807, 2.05) is 12.4 Å². The first kappa shape index (κ1) is 21.7. The van der Waals surface area contributed by atoms with Gasteiger partial charge >= 0.3 is 0 Å². The van der Waals surface area contributed by atoms with E-state index in [1.165, 1.54) is 106 Å². The molecule has 32 heavy (non-hydrogen) atoms. The summed E-state index contributed by atoms with van der Waals surface area (Å²) in [7, 11) is 0. The number of aromatic nitrogens is 3. The fourth-order valence-corrected chi connectivity index (χ4v) is 5.89. The van der Waals surface area contributed by atoms with E-state index < -0.39 is 0 Å². The summed E-state index contributed by atoms with van der Waals surface area (Å²) in [5.74, 6) is 1.15. The number of benzene rings is 1. The molecule has 0 spiro atoms. The number of nitrogens with one attached hydrogen (secondary N) is 2. The second-order valence-corrected chi connectivity index (χ2v) is 10.2. The molecule has 5 nitrogen and oxygen atoms in total. The second kappa shape index (κ2) is 9.80. The molecule has 172 valence electrons. The SMILES string of the molecule is CC(C)c1c(-c2cn[nH]c2)[nH]c2ccc(C3CCN(CCCN4CCCCC4)CC3)cc12. The lowest BCUT2D eigenvalue weighted by molar-refractivity contribution is 0.180. The largest absolute Gasteiger partial charge is 0.354 e. The molecule has 1 aromatic carbocycles. The van der Waals surface area contributed by atoms with Crippen molar-refractivity contribution in [3.05, 3.63) is 41.7 Å². The number of hydrogen-bond donors (Lipinski definition) is 2. The summed E-state index contributed by atoms with van der Waals surface area (Å²) in [5.41, 5.74) is 6.53. The zero-order valence-corrected chi connectivity index (χ0v) is 19.9. The van der Waals surface area contributed by atoms with Gasteiger partial charge in [-0.15, -0.1) is 0 Å². The Morgan fingerprint density at radius 1 is 1.00 bits per heavy atom. The van der Waals surface area contributed by atoms with E-state index in [1.54, 1.807) is 0 Å². The van der Waals surface area contributed by atoms with Gasteiger partial charge in [-0.3, -0.25) is 5.10 Å². The quantitative estimate of drug-likeness (QED) is 0.500. The molecule has 5 rings (SSSR count). The van der Waals surface area contributed by atoms with Crippen molar-refractivity contribution in [3.63, 3.8) is 0 Å². The Morgan fingerprint density at radius 2 is 1.75 bits per heavy atom. The van der Waals surface area contributed by atoms with Gasteiger partial charge in [0.1, 0.15) is 0 Å². The molecule has 0 radical (unpaired) electrons. The first-order chi connectivity index (χ1) is 15.7. The zero-order valence-electron chi connectivity index (χ0n) is 19.9. The summed E-state index contributed by atoms with van der Waals surface area (Å²) in [4.78, 5) is 9.04. The average molecular weight is 434 g/mol. The molecule has 2 aliphatic heterocycles. The standard InChI is InChI=1S/C27H39N5/c1-20(2)26-24-17-22(7-8-25(24)30-27(26)23-18-28-29-19-23)21-9-15-32(16-10-21)14-6-13-31-11-4-3-5-12-31/h7-8,17-21,30H,3-6,9-16H2,1-2H3,(H,28,29). The Labute approximate surface area is 192 Å². The minimum atomic E-state index is 0.464. The van der Waals surface area contributed by atoms with Gasteiger partial charge in [0.05, 0.1) is 11.9 Å². The van der Waals surface area contributed by atoms with Crippen LogP contribution in [0.5, 0.6) is 0 Å². The third-order valence-corrected chi connectivity index (χ3v) is 7.68. The maximum atomic E-state index is 4.16. The first-order valence-electron chi connectivity index (χ1n) is 12.8. The van der Waals surface area contributed by atoms with E-state index in [0.29, 0.717) is 11.8 Å². The number of piperidine rings is 2. The number of fused-ring (bicyclic) bond motifs is 1. The number of rotatable bonds is 7. The van der Waals surface area contributed by atoms with Crippen molar-refractivity contribution in [1.29, 1.82) is 0 Å². The molecule has 2 aromatic heterocycles. The molecule has 0 aliphatic carbocycles. The van der Waals surface area contributed by atoms with Crippen molar-refractivity contribution in [1.82, 2.24) is 25.0 Å². The number of nitrogens with zero attached hydrogens (tertiary/aromatic N) is 3. The van der Waals surface area contributed by atoms with Gasteiger partial charge in [-0.2, -0.15) is 5.10 Å². The maximum absolute atomic E-state index is 4.16. The van der Waals surface area contributed by atoms with Crippen LogP contribution in [0.25, 0.3) is 22.2 Å². The van der Waals surface area contributed by atoms with Crippen LogP contribution in [0.4, 0.5) is 0 Å². The fraction of sp³-hybridized carbons (Fsp3) is 0.593. The predicted octanol–water partition coefficient (Wildman–Crippen LogP) is 5.74. The van der Waals surface area contributed by atoms with E-state index in [0.717, 1.165) is 5.56 Å². The van der Waals surface area contributed by atoms with Gasteiger partial charge in [-0.25, -0.2) is 0 Å². The van der Waals surface area contributed by atoms with Crippen molar-refractivity contribution in [2.45, 2.75) is 64.2 Å². The van der Waals surface area contributed by atoms with E-state index in [9.17, 15) is 0 Å². The lowest BCUT2D eigenvalue weighted by Gasteiger charge is -2.33. The van der Waals surface area contributed by atoms with Crippen LogP contribution in [0.2, 0.25) is 0 Å². The van der Waals surface area contributed by atoms with Crippen LogP contribution in [-0.4, -0.2) is 64.2 Å². The maximum Gasteiger partial charge on any atom is 0.0580 e. The van der Waals surface area contributed by atoms with Crippen molar-refractivity contribution < 1.29 is 0 Å². The fourth-order valence-electron chi connectivity index (χ4n) is 5.89. The number of likely N-dealkylation sites (tertiary alicyclic amines) is 2. The van der Waals surface area contributed by atoms with Gasteiger partial charge in [0.15, 0.2) is 0 Å². The van der Waals surface area contributed by atoms with E-state index in [-0.39, 0.29) is 0 Å². The molecule has 5 heteroatoms. The van der Waals surface area contributed by atoms with Crippen molar-refractivity contribution >= 4 is 10.9 Å². The first-order valence-corrected chi connectivity index (χ1v) is 12.8. The molecular formula is C27H39N5. The van der Waals surface area contributed by atoms with E-state index in [2.05, 4.69) is 57.0 Å². The van der Waals surface area contributed by atoms with Crippen LogP contribution in [0.3, 0.4) is 0 Å². The zero-order chi connectivity index (χ0) is 21.9. The molecule has 0 bridgehead atoms. The van der Waals surface area contributed by atoms with Crippen molar-refractivity contribution in [2.24, 2.45) is 0 Å². The van der Waals surface area contributed by atoms with Gasteiger partial charge in [0.2, 0.25) is 0 Å². The Bertz CT molecular complexity index is 989. The van der Waals surface area contributed by atoms with Gasteiger partial charge < -0.3 is 14.8 Å². The number of H-pyrrole nitrogens is 2. The Morgan fingerprint density at radius 3 is 2.44 bits per heavy atom. The number of hydrogen-bond acceptors (Lipinski definition) is 3. The van der Waals surface area contributed by atoms with Crippen LogP contribution in [-0.2, 0) is 0 Å². The normalized spacial score (nSPS) is 19.3. The summed E-state index contributed by atoms with van der Waals surface area (Å²) in [6.07, 6.45) is 12.0. The van der Waals surface area contributed by atoms with Crippen LogP contribution in [0.1, 0.15) is 75.3 Å². The molecule has 2 saturated heterocycles. The molecule has 3 aromatic rings. The summed E-state index contributed by atoms with van der Waals surface area (Å²) in [5, 5.41) is 8.51. The van der Waals surface area contributed by atoms with E-state index >= 15 is 0 Å². The molecule has 2 aliphatic rings. The highest BCUT2D eigenvalue weighted by Crippen LogP contribution is 2.38. The topological polar surface area (TPSA) is 51.0 Å². The minimum Gasteiger partial charge on any atom is -0.354 e. The van der Waals surface area contributed by atoms with Crippen LogP contribution >= 0.6 is 0 Å². The smallest absolute Gasteiger partial charge is 0.0580 e. The van der Waals surface area contributed by atoms with Crippen LogP contribution < -0.4 is 0 Å². The van der Waals surface area contributed by atoms with E-state index in [4.69, 9.17) is 0 Å². The third kappa shape index (κ3) is 4.65. The lowest BCUT2D eigenvalue weighted by Crippen LogP contribution is -2.36. The lowest BCUT2D eigenvalue weighted by atomic mass is 9.87. The van der Waals surface area contributed by atoms with Crippen molar-refractivity contribution in [3.8, 4) is 11.3 Å². The molecular weight excluding hydrogens is 394 g/mol. The average Bonchev–Trinajstić information content (AvgIpc) is 3.48. The Hall–Kier alpha value is -2.11. The Kier molecular flexibility index (Phi) is 6.65. The Balaban J connectivity index is 1.23. The van der Waals surface area contributed by atoms with Crippen LogP contribution in [0, 0.1) is 0 Å². The number of aromatic amines is 2. The van der Waals surface area contributed by atoms with Gasteiger partial charge in [-0.1, -0.05) is 26.3 Å².